The second-order valence-electron chi connectivity index (χ2n) is 7.50. The van der Waals surface area contributed by atoms with Crippen molar-refractivity contribution in [3.63, 3.8) is 0 Å². The predicted octanol–water partition coefficient (Wildman–Crippen LogP) is 4.13. The van der Waals surface area contributed by atoms with E-state index >= 15 is 0 Å². The van der Waals surface area contributed by atoms with Gasteiger partial charge in [-0.1, -0.05) is 42.5 Å². The number of amides is 1. The standard InChI is InChI=1S/C24H28N4O.ClH/c1-18-8-7-11-23(19(18)2)28-14-12-27(13-15-28)17-22(16-25)24(29)26-20(3)21-9-5-4-6-10-21;/h4-11,17,20H,12-15H2,1-3H3,(H,26,29);1H/b22-17-;. The van der Waals surface area contributed by atoms with Gasteiger partial charge in [0.2, 0.25) is 0 Å². The van der Waals surface area contributed by atoms with Gasteiger partial charge in [-0.15, -0.1) is 12.4 Å². The minimum atomic E-state index is -0.333. The van der Waals surface area contributed by atoms with Gasteiger partial charge >= 0.3 is 0 Å². The van der Waals surface area contributed by atoms with E-state index in [4.69, 9.17) is 0 Å². The van der Waals surface area contributed by atoms with Crippen LogP contribution in [0.4, 0.5) is 5.69 Å². The van der Waals surface area contributed by atoms with Gasteiger partial charge in [-0.05, 0) is 43.5 Å². The van der Waals surface area contributed by atoms with Crippen molar-refractivity contribution in [2.75, 3.05) is 31.1 Å². The summed E-state index contributed by atoms with van der Waals surface area (Å²) >= 11 is 0. The van der Waals surface area contributed by atoms with Gasteiger partial charge < -0.3 is 15.1 Å². The van der Waals surface area contributed by atoms with Crippen molar-refractivity contribution in [2.24, 2.45) is 0 Å². The van der Waals surface area contributed by atoms with E-state index < -0.39 is 0 Å². The summed E-state index contributed by atoms with van der Waals surface area (Å²) in [7, 11) is 0. The molecular formula is C24H29ClN4O. The van der Waals surface area contributed by atoms with Gasteiger partial charge in [-0.2, -0.15) is 5.26 Å². The molecule has 1 atom stereocenters. The molecule has 1 fully saturated rings. The third-order valence-electron chi connectivity index (χ3n) is 5.55. The Morgan fingerprint density at radius 2 is 1.73 bits per heavy atom. The number of rotatable bonds is 5. The van der Waals surface area contributed by atoms with E-state index in [9.17, 15) is 10.1 Å². The zero-order valence-corrected chi connectivity index (χ0v) is 18.6. The maximum absolute atomic E-state index is 12.6. The van der Waals surface area contributed by atoms with Crippen LogP contribution in [0, 0.1) is 25.2 Å². The summed E-state index contributed by atoms with van der Waals surface area (Å²) in [5, 5.41) is 12.4. The Kier molecular flexibility index (Phi) is 8.32. The first-order chi connectivity index (χ1) is 14.0. The predicted molar refractivity (Wildman–Crippen MR) is 124 cm³/mol. The number of aryl methyl sites for hydroxylation is 1. The Balaban J connectivity index is 0.00000320. The van der Waals surface area contributed by atoms with Crippen LogP contribution in [0.15, 0.2) is 60.3 Å². The largest absolute Gasteiger partial charge is 0.373 e. The maximum atomic E-state index is 12.6. The maximum Gasteiger partial charge on any atom is 0.263 e. The number of hydrogen-bond donors (Lipinski definition) is 1. The third kappa shape index (κ3) is 5.55. The molecule has 2 aromatic carbocycles. The fraction of sp³-hybridized carbons (Fsp3) is 0.333. The summed E-state index contributed by atoms with van der Waals surface area (Å²) < 4.78 is 0. The second kappa shape index (κ2) is 10.7. The fourth-order valence-electron chi connectivity index (χ4n) is 3.59. The molecule has 1 saturated heterocycles. The Morgan fingerprint density at radius 1 is 1.07 bits per heavy atom. The zero-order chi connectivity index (χ0) is 20.8. The number of nitrogens with zero attached hydrogens (tertiary/aromatic N) is 3. The Morgan fingerprint density at radius 3 is 2.37 bits per heavy atom. The molecule has 30 heavy (non-hydrogen) atoms. The van der Waals surface area contributed by atoms with E-state index in [2.05, 4.69) is 53.2 Å². The third-order valence-corrected chi connectivity index (χ3v) is 5.55. The molecule has 2 aromatic rings. The van der Waals surface area contributed by atoms with E-state index in [-0.39, 0.29) is 29.9 Å². The van der Waals surface area contributed by atoms with Gasteiger partial charge in [0.1, 0.15) is 11.6 Å². The lowest BCUT2D eigenvalue weighted by Crippen LogP contribution is -2.44. The van der Waals surface area contributed by atoms with Crippen LogP contribution in [0.2, 0.25) is 0 Å². The van der Waals surface area contributed by atoms with Gasteiger partial charge in [0, 0.05) is 38.1 Å². The highest BCUT2D eigenvalue weighted by atomic mass is 35.5. The van der Waals surface area contributed by atoms with Crippen molar-refractivity contribution in [1.82, 2.24) is 10.2 Å². The van der Waals surface area contributed by atoms with Crippen molar-refractivity contribution in [2.45, 2.75) is 26.8 Å². The molecule has 158 valence electrons. The van der Waals surface area contributed by atoms with Crippen LogP contribution >= 0.6 is 12.4 Å². The van der Waals surface area contributed by atoms with Crippen LogP contribution in [0.25, 0.3) is 0 Å². The molecule has 6 heteroatoms. The summed E-state index contributed by atoms with van der Waals surface area (Å²) in [6, 6.07) is 18.0. The highest BCUT2D eigenvalue weighted by molar-refractivity contribution is 5.97. The number of anilines is 1. The van der Waals surface area contributed by atoms with E-state index in [0.717, 1.165) is 31.7 Å². The van der Waals surface area contributed by atoms with E-state index in [1.165, 1.54) is 16.8 Å². The number of nitriles is 1. The van der Waals surface area contributed by atoms with Crippen LogP contribution in [-0.2, 0) is 4.79 Å². The van der Waals surface area contributed by atoms with Crippen molar-refractivity contribution >= 4 is 24.0 Å². The van der Waals surface area contributed by atoms with Gasteiger partial charge in [-0.3, -0.25) is 4.79 Å². The summed E-state index contributed by atoms with van der Waals surface area (Å²) in [6.45, 7) is 9.49. The Bertz CT molecular complexity index is 928. The van der Waals surface area contributed by atoms with E-state index in [1.807, 2.05) is 37.3 Å². The smallest absolute Gasteiger partial charge is 0.263 e. The summed E-state index contributed by atoms with van der Waals surface area (Å²) in [5.41, 5.74) is 5.03. The SMILES string of the molecule is Cc1cccc(N2CCN(/C=C(/C#N)C(=O)NC(C)c3ccccc3)CC2)c1C.Cl. The average molecular weight is 425 g/mol. The van der Waals surface area contributed by atoms with Crippen LogP contribution in [-0.4, -0.2) is 37.0 Å². The summed E-state index contributed by atoms with van der Waals surface area (Å²) in [4.78, 5) is 17.0. The normalized spacial score (nSPS) is 15.1. The monoisotopic (exact) mass is 424 g/mol. The molecule has 3 rings (SSSR count). The van der Waals surface area contributed by atoms with E-state index in [1.54, 1.807) is 6.20 Å². The van der Waals surface area contributed by atoms with Crippen molar-refractivity contribution in [1.29, 1.82) is 5.26 Å². The molecular weight excluding hydrogens is 396 g/mol. The first-order valence-electron chi connectivity index (χ1n) is 10.0. The highest BCUT2D eigenvalue weighted by Gasteiger charge is 2.20. The quantitative estimate of drug-likeness (QED) is 0.579. The molecule has 1 aliphatic rings. The minimum absolute atomic E-state index is 0. The Hall–Kier alpha value is -2.97. The fourth-order valence-corrected chi connectivity index (χ4v) is 3.59. The number of carbonyl (C=O) groups excluding carboxylic acids is 1. The number of halogens is 1. The Labute approximate surface area is 185 Å². The molecule has 1 N–H and O–H groups in total. The lowest BCUT2D eigenvalue weighted by Gasteiger charge is -2.36. The molecule has 1 aliphatic heterocycles. The van der Waals surface area contributed by atoms with Crippen LogP contribution in [0.5, 0.6) is 0 Å². The van der Waals surface area contributed by atoms with E-state index in [0.29, 0.717) is 0 Å². The van der Waals surface area contributed by atoms with Crippen molar-refractivity contribution in [3.8, 4) is 6.07 Å². The van der Waals surface area contributed by atoms with Crippen molar-refractivity contribution < 1.29 is 4.79 Å². The van der Waals surface area contributed by atoms with Crippen LogP contribution in [0.1, 0.15) is 29.7 Å². The molecule has 1 unspecified atom stereocenters. The minimum Gasteiger partial charge on any atom is -0.373 e. The first kappa shape index (κ1) is 23.3. The zero-order valence-electron chi connectivity index (χ0n) is 17.8. The molecule has 0 spiro atoms. The average Bonchev–Trinajstić information content (AvgIpc) is 2.75. The molecule has 0 radical (unpaired) electrons. The molecule has 0 saturated carbocycles. The summed E-state index contributed by atoms with van der Waals surface area (Å²) in [5.74, 6) is -0.333. The lowest BCUT2D eigenvalue weighted by atomic mass is 10.1. The second-order valence-corrected chi connectivity index (χ2v) is 7.50. The van der Waals surface area contributed by atoms with Gasteiger partial charge in [-0.25, -0.2) is 0 Å². The number of nitrogens with one attached hydrogen (secondary N) is 1. The highest BCUT2D eigenvalue weighted by Crippen LogP contribution is 2.24. The molecule has 0 bridgehead atoms. The van der Waals surface area contributed by atoms with Gasteiger partial charge in [0.05, 0.1) is 6.04 Å². The number of hydrogen-bond acceptors (Lipinski definition) is 4. The molecule has 0 aromatic heterocycles. The van der Waals surface area contributed by atoms with Crippen molar-refractivity contribution in [3.05, 3.63) is 77.0 Å². The van der Waals surface area contributed by atoms with Gasteiger partial charge in [0.25, 0.3) is 5.91 Å². The molecule has 5 nitrogen and oxygen atoms in total. The first-order valence-corrected chi connectivity index (χ1v) is 10.0. The molecule has 0 aliphatic carbocycles. The number of benzene rings is 2. The number of carbonyl (C=O) groups is 1. The summed E-state index contributed by atoms with van der Waals surface area (Å²) in [6.07, 6.45) is 1.70. The molecule has 1 heterocycles. The molecule has 1 amide bonds. The van der Waals surface area contributed by atoms with Crippen LogP contribution < -0.4 is 10.2 Å². The number of piperazine rings is 1. The topological polar surface area (TPSA) is 59.4 Å². The lowest BCUT2D eigenvalue weighted by molar-refractivity contribution is -0.117. The van der Waals surface area contributed by atoms with Gasteiger partial charge in [0.15, 0.2) is 0 Å². The van der Waals surface area contributed by atoms with Crippen LogP contribution in [0.3, 0.4) is 0 Å².